The normalized spacial score (nSPS) is 11.2. The molecule has 8 heteroatoms. The molecule has 0 radical (unpaired) electrons. The fourth-order valence-electron chi connectivity index (χ4n) is 1.63. The molecule has 0 saturated heterocycles. The summed E-state index contributed by atoms with van der Waals surface area (Å²) in [5, 5.41) is 7.80. The summed E-state index contributed by atoms with van der Waals surface area (Å²) in [5.74, 6) is 0.0272. The van der Waals surface area contributed by atoms with E-state index in [-0.39, 0.29) is 29.6 Å². The Bertz CT molecular complexity index is 602. The molecule has 20 heavy (non-hydrogen) atoms. The molecule has 0 unspecified atom stereocenters. The minimum atomic E-state index is -3.89. The molecule has 0 spiro atoms. The number of primary sulfonamides is 1. The number of amides is 1. The van der Waals surface area contributed by atoms with Gasteiger partial charge in [-0.1, -0.05) is 15.9 Å². The van der Waals surface area contributed by atoms with Gasteiger partial charge in [-0.15, -0.1) is 0 Å². The second-order valence-corrected chi connectivity index (χ2v) is 6.59. The Morgan fingerprint density at radius 2 is 2.10 bits per heavy atom. The van der Waals surface area contributed by atoms with Crippen molar-refractivity contribution in [1.29, 1.82) is 0 Å². The van der Waals surface area contributed by atoms with Crippen LogP contribution in [0.3, 0.4) is 0 Å². The first-order valence-corrected chi connectivity index (χ1v) is 8.32. The van der Waals surface area contributed by atoms with Gasteiger partial charge in [0.05, 0.1) is 13.0 Å². The second kappa shape index (κ2) is 7.05. The summed E-state index contributed by atoms with van der Waals surface area (Å²) >= 11 is 3.21. The SMILES string of the molecule is CCNC(=O)CCOc1c(C)cc(Br)cc1S(N)(=O)=O. The van der Waals surface area contributed by atoms with Gasteiger partial charge in [0, 0.05) is 11.0 Å². The van der Waals surface area contributed by atoms with E-state index in [4.69, 9.17) is 9.88 Å². The van der Waals surface area contributed by atoms with Gasteiger partial charge in [-0.25, -0.2) is 13.6 Å². The van der Waals surface area contributed by atoms with Crippen molar-refractivity contribution in [3.8, 4) is 5.75 Å². The van der Waals surface area contributed by atoms with Gasteiger partial charge < -0.3 is 10.1 Å². The number of halogens is 1. The summed E-state index contributed by atoms with van der Waals surface area (Å²) < 4.78 is 29.1. The Balaban J connectivity index is 2.92. The molecule has 0 aliphatic rings. The number of hydrogen-bond acceptors (Lipinski definition) is 4. The van der Waals surface area contributed by atoms with Gasteiger partial charge in [0.15, 0.2) is 0 Å². The molecule has 1 rings (SSSR count). The lowest BCUT2D eigenvalue weighted by molar-refractivity contribution is -0.121. The maximum Gasteiger partial charge on any atom is 0.241 e. The van der Waals surface area contributed by atoms with Crippen molar-refractivity contribution in [3.63, 3.8) is 0 Å². The lowest BCUT2D eigenvalue weighted by Crippen LogP contribution is -2.24. The molecule has 1 aromatic rings. The first-order chi connectivity index (χ1) is 9.25. The van der Waals surface area contributed by atoms with Crippen molar-refractivity contribution in [2.24, 2.45) is 5.14 Å². The van der Waals surface area contributed by atoms with Crippen LogP contribution in [0.25, 0.3) is 0 Å². The lowest BCUT2D eigenvalue weighted by atomic mass is 10.2. The summed E-state index contributed by atoms with van der Waals surface area (Å²) in [7, 11) is -3.89. The molecule has 3 N–H and O–H groups in total. The number of ether oxygens (including phenoxy) is 1. The van der Waals surface area contributed by atoms with E-state index in [1.54, 1.807) is 13.0 Å². The zero-order valence-corrected chi connectivity index (χ0v) is 13.7. The Kier molecular flexibility index (Phi) is 5.97. The predicted molar refractivity (Wildman–Crippen MR) is 79.0 cm³/mol. The molecule has 0 bridgehead atoms. The van der Waals surface area contributed by atoms with Gasteiger partial charge in [0.2, 0.25) is 15.9 Å². The smallest absolute Gasteiger partial charge is 0.241 e. The Hall–Kier alpha value is -1.12. The maximum atomic E-state index is 11.6. The van der Waals surface area contributed by atoms with Crippen LogP contribution in [0.15, 0.2) is 21.5 Å². The number of aryl methyl sites for hydroxylation is 1. The third kappa shape index (κ3) is 4.77. The van der Waals surface area contributed by atoms with Crippen molar-refractivity contribution >= 4 is 31.9 Å². The average Bonchev–Trinajstić information content (AvgIpc) is 2.30. The quantitative estimate of drug-likeness (QED) is 0.794. The number of carbonyl (C=O) groups is 1. The van der Waals surface area contributed by atoms with E-state index in [0.29, 0.717) is 16.6 Å². The van der Waals surface area contributed by atoms with Crippen LogP contribution in [0.5, 0.6) is 5.75 Å². The molecule has 6 nitrogen and oxygen atoms in total. The van der Waals surface area contributed by atoms with Gasteiger partial charge >= 0.3 is 0 Å². The number of carbonyl (C=O) groups excluding carboxylic acids is 1. The molecule has 0 fully saturated rings. The van der Waals surface area contributed by atoms with E-state index in [1.165, 1.54) is 6.07 Å². The van der Waals surface area contributed by atoms with E-state index in [1.807, 2.05) is 6.92 Å². The highest BCUT2D eigenvalue weighted by molar-refractivity contribution is 9.10. The molecule has 0 saturated carbocycles. The van der Waals surface area contributed by atoms with Crippen LogP contribution in [-0.4, -0.2) is 27.5 Å². The number of nitrogens with one attached hydrogen (secondary N) is 1. The van der Waals surface area contributed by atoms with Crippen LogP contribution in [-0.2, 0) is 14.8 Å². The van der Waals surface area contributed by atoms with E-state index in [9.17, 15) is 13.2 Å². The highest BCUT2D eigenvalue weighted by atomic mass is 79.9. The second-order valence-electron chi connectivity index (χ2n) is 4.15. The van der Waals surface area contributed by atoms with Crippen LogP contribution >= 0.6 is 15.9 Å². The summed E-state index contributed by atoms with van der Waals surface area (Å²) in [6, 6.07) is 3.10. The highest BCUT2D eigenvalue weighted by Crippen LogP contribution is 2.30. The lowest BCUT2D eigenvalue weighted by Gasteiger charge is -2.13. The molecule has 1 amide bonds. The van der Waals surface area contributed by atoms with Crippen molar-refractivity contribution in [3.05, 3.63) is 22.2 Å². The van der Waals surface area contributed by atoms with Gasteiger partial charge in [-0.2, -0.15) is 0 Å². The van der Waals surface area contributed by atoms with Crippen molar-refractivity contribution in [2.75, 3.05) is 13.2 Å². The minimum Gasteiger partial charge on any atom is -0.491 e. The first kappa shape index (κ1) is 16.9. The number of hydrogen-bond donors (Lipinski definition) is 2. The summed E-state index contributed by atoms with van der Waals surface area (Å²) in [6.07, 6.45) is 0.146. The van der Waals surface area contributed by atoms with Gasteiger partial charge in [0.25, 0.3) is 0 Å². The van der Waals surface area contributed by atoms with E-state index in [2.05, 4.69) is 21.2 Å². The minimum absolute atomic E-state index is 0.0802. The van der Waals surface area contributed by atoms with Crippen molar-refractivity contribution in [1.82, 2.24) is 5.32 Å². The number of sulfonamides is 1. The van der Waals surface area contributed by atoms with Gasteiger partial charge in [-0.05, 0) is 31.5 Å². The van der Waals surface area contributed by atoms with E-state index >= 15 is 0 Å². The molecule has 0 aliphatic carbocycles. The fraction of sp³-hybridized carbons (Fsp3) is 0.417. The first-order valence-electron chi connectivity index (χ1n) is 5.98. The van der Waals surface area contributed by atoms with E-state index < -0.39 is 10.0 Å². The molecular weight excluding hydrogens is 348 g/mol. The number of rotatable bonds is 6. The van der Waals surface area contributed by atoms with Crippen LogP contribution in [0.2, 0.25) is 0 Å². The predicted octanol–water partition coefficient (Wildman–Crippen LogP) is 1.31. The Labute approximate surface area is 126 Å². The zero-order valence-electron chi connectivity index (χ0n) is 11.3. The molecule has 0 aromatic heterocycles. The van der Waals surface area contributed by atoms with Crippen molar-refractivity contribution in [2.45, 2.75) is 25.2 Å². The van der Waals surface area contributed by atoms with E-state index in [0.717, 1.165) is 0 Å². The molecule has 112 valence electrons. The summed E-state index contributed by atoms with van der Waals surface area (Å²) in [4.78, 5) is 11.2. The van der Waals surface area contributed by atoms with Crippen LogP contribution in [0.1, 0.15) is 18.9 Å². The average molecular weight is 365 g/mol. The number of benzene rings is 1. The van der Waals surface area contributed by atoms with Crippen LogP contribution in [0.4, 0.5) is 0 Å². The maximum absolute atomic E-state index is 11.6. The molecule has 0 aliphatic heterocycles. The summed E-state index contributed by atoms with van der Waals surface area (Å²) in [6.45, 7) is 4.15. The van der Waals surface area contributed by atoms with Crippen LogP contribution in [0, 0.1) is 6.92 Å². The third-order valence-electron chi connectivity index (χ3n) is 2.46. The van der Waals surface area contributed by atoms with Gasteiger partial charge in [0.1, 0.15) is 10.6 Å². The molecule has 0 heterocycles. The summed E-state index contributed by atoms with van der Waals surface area (Å²) in [5.41, 5.74) is 0.624. The Morgan fingerprint density at radius 3 is 2.65 bits per heavy atom. The Morgan fingerprint density at radius 1 is 1.45 bits per heavy atom. The topological polar surface area (TPSA) is 98.5 Å². The fourth-order valence-corrected chi connectivity index (χ4v) is 3.12. The van der Waals surface area contributed by atoms with Crippen molar-refractivity contribution < 1.29 is 17.9 Å². The molecular formula is C12H17BrN2O4S. The third-order valence-corrected chi connectivity index (χ3v) is 3.84. The monoisotopic (exact) mass is 364 g/mol. The highest BCUT2D eigenvalue weighted by Gasteiger charge is 2.18. The standard InChI is InChI=1S/C12H17BrN2O4S/c1-3-15-11(16)4-5-19-12-8(2)6-9(13)7-10(12)20(14,17)18/h6-7H,3-5H2,1-2H3,(H,15,16)(H2,14,17,18). The largest absolute Gasteiger partial charge is 0.491 e. The molecule has 0 atom stereocenters. The van der Waals surface area contributed by atoms with Crippen LogP contribution < -0.4 is 15.2 Å². The van der Waals surface area contributed by atoms with Gasteiger partial charge in [-0.3, -0.25) is 4.79 Å². The molecule has 1 aromatic carbocycles. The number of nitrogens with two attached hydrogens (primary N) is 1. The zero-order chi connectivity index (χ0) is 15.3.